The molecule has 0 unspecified atom stereocenters. The number of likely N-dealkylation sites (N-methyl/N-ethyl adjacent to an activating group) is 1. The molecule has 21 heavy (non-hydrogen) atoms. The van der Waals surface area contributed by atoms with Crippen molar-refractivity contribution in [3.63, 3.8) is 0 Å². The number of rotatable bonds is 4. The molecule has 1 N–H and O–H groups in total. The number of benzene rings is 1. The van der Waals surface area contributed by atoms with Crippen molar-refractivity contribution < 1.29 is 9.31 Å². The molecule has 0 radical (unpaired) electrons. The van der Waals surface area contributed by atoms with E-state index in [-0.39, 0.29) is 18.3 Å². The van der Waals surface area contributed by atoms with Crippen LogP contribution in [0.3, 0.4) is 0 Å². The highest BCUT2D eigenvalue weighted by atomic mass is 79.9. The molecule has 1 aromatic carbocycles. The van der Waals surface area contributed by atoms with Crippen LogP contribution in [-0.4, -0.2) is 31.9 Å². The van der Waals surface area contributed by atoms with Gasteiger partial charge >= 0.3 is 7.12 Å². The topological polar surface area (TPSA) is 30.5 Å². The van der Waals surface area contributed by atoms with Crippen molar-refractivity contribution >= 4 is 29.1 Å². The van der Waals surface area contributed by atoms with Crippen molar-refractivity contribution in [2.24, 2.45) is 0 Å². The Morgan fingerprint density at radius 3 is 2.29 bits per heavy atom. The van der Waals surface area contributed by atoms with Crippen LogP contribution < -0.4 is 5.32 Å². The van der Waals surface area contributed by atoms with Gasteiger partial charge in [0.05, 0.1) is 11.2 Å². The molecule has 1 heterocycles. The average Bonchev–Trinajstić information content (AvgIpc) is 2.60. The molecular weight excluding hydrogens is 329 g/mol. The molecule has 0 atom stereocenters. The van der Waals surface area contributed by atoms with E-state index in [9.17, 15) is 0 Å². The van der Waals surface area contributed by atoms with Gasteiger partial charge in [0.15, 0.2) is 0 Å². The summed E-state index contributed by atoms with van der Waals surface area (Å²) in [5.74, 6) is 0. The summed E-state index contributed by atoms with van der Waals surface area (Å²) in [7, 11) is 1.61. The van der Waals surface area contributed by atoms with Crippen LogP contribution in [0.25, 0.3) is 6.08 Å². The van der Waals surface area contributed by atoms with Gasteiger partial charge in [0, 0.05) is 11.0 Å². The summed E-state index contributed by atoms with van der Waals surface area (Å²) in [5.41, 5.74) is 1.57. The largest absolute Gasteiger partial charge is 0.491 e. The van der Waals surface area contributed by atoms with Crippen LogP contribution in [0.15, 0.2) is 34.2 Å². The lowest BCUT2D eigenvalue weighted by Gasteiger charge is -2.32. The number of hydrogen-bond acceptors (Lipinski definition) is 3. The Bertz CT molecular complexity index is 527. The van der Waals surface area contributed by atoms with Gasteiger partial charge in [-0.2, -0.15) is 0 Å². The zero-order valence-corrected chi connectivity index (χ0v) is 15.0. The molecule has 2 rings (SSSR count). The summed E-state index contributed by atoms with van der Waals surface area (Å²) < 4.78 is 13.4. The van der Waals surface area contributed by atoms with E-state index in [0.717, 1.165) is 22.1 Å². The van der Waals surface area contributed by atoms with E-state index in [4.69, 9.17) is 9.31 Å². The fraction of sp³-hybridized carbons (Fsp3) is 0.500. The van der Waals surface area contributed by atoms with Crippen molar-refractivity contribution in [1.82, 2.24) is 5.32 Å². The van der Waals surface area contributed by atoms with Crippen LogP contribution in [0.1, 0.15) is 33.3 Å². The maximum absolute atomic E-state index is 6.15. The van der Waals surface area contributed by atoms with Crippen LogP contribution in [0.4, 0.5) is 0 Å². The SMILES string of the molecule is CNCC(=Cc1ccccc1Br)B1OC(C)(C)C(C)(C)O1. The molecule has 1 saturated heterocycles. The minimum absolute atomic E-state index is 0.321. The van der Waals surface area contributed by atoms with Gasteiger partial charge in [0.1, 0.15) is 0 Å². The minimum Gasteiger partial charge on any atom is -0.400 e. The summed E-state index contributed by atoms with van der Waals surface area (Å²) >= 11 is 3.58. The van der Waals surface area contributed by atoms with Crippen LogP contribution in [0, 0.1) is 0 Å². The van der Waals surface area contributed by atoms with E-state index >= 15 is 0 Å². The molecule has 0 amide bonds. The molecule has 1 aliphatic heterocycles. The van der Waals surface area contributed by atoms with Gasteiger partial charge < -0.3 is 14.6 Å². The van der Waals surface area contributed by atoms with E-state index in [1.54, 1.807) is 0 Å². The molecule has 1 aliphatic rings. The summed E-state index contributed by atoms with van der Waals surface area (Å²) in [6, 6.07) is 8.14. The van der Waals surface area contributed by atoms with Crippen molar-refractivity contribution in [2.75, 3.05) is 13.6 Å². The smallest absolute Gasteiger partial charge is 0.400 e. The highest BCUT2D eigenvalue weighted by molar-refractivity contribution is 9.10. The van der Waals surface area contributed by atoms with E-state index < -0.39 is 0 Å². The zero-order valence-electron chi connectivity index (χ0n) is 13.4. The molecule has 0 aromatic heterocycles. The fourth-order valence-corrected chi connectivity index (χ4v) is 2.59. The van der Waals surface area contributed by atoms with Gasteiger partial charge in [-0.05, 0) is 51.8 Å². The molecule has 1 fully saturated rings. The Labute approximate surface area is 136 Å². The third-order valence-electron chi connectivity index (χ3n) is 4.18. The Morgan fingerprint density at radius 2 is 1.76 bits per heavy atom. The van der Waals surface area contributed by atoms with Crippen molar-refractivity contribution in [3.05, 3.63) is 39.8 Å². The Balaban J connectivity index is 2.31. The van der Waals surface area contributed by atoms with Crippen LogP contribution in [0.5, 0.6) is 0 Å². The predicted molar refractivity (Wildman–Crippen MR) is 92.1 cm³/mol. The lowest BCUT2D eigenvalue weighted by atomic mass is 9.77. The van der Waals surface area contributed by atoms with Gasteiger partial charge in [-0.25, -0.2) is 0 Å². The molecular formula is C16H23BBrNO2. The normalized spacial score (nSPS) is 20.9. The predicted octanol–water partition coefficient (Wildman–Crippen LogP) is 3.68. The van der Waals surface area contributed by atoms with Crippen LogP contribution in [0.2, 0.25) is 0 Å². The lowest BCUT2D eigenvalue weighted by Crippen LogP contribution is -2.41. The lowest BCUT2D eigenvalue weighted by molar-refractivity contribution is 0.00578. The summed E-state index contributed by atoms with van der Waals surface area (Å²) in [5, 5.41) is 3.20. The minimum atomic E-state index is -0.324. The monoisotopic (exact) mass is 351 g/mol. The second-order valence-electron chi connectivity index (χ2n) is 6.36. The molecule has 5 heteroatoms. The molecule has 0 spiro atoms. The van der Waals surface area contributed by atoms with Crippen molar-refractivity contribution in [3.8, 4) is 0 Å². The number of halogens is 1. The van der Waals surface area contributed by atoms with E-state index in [0.29, 0.717) is 0 Å². The second kappa shape index (κ2) is 6.25. The molecule has 0 saturated carbocycles. The second-order valence-corrected chi connectivity index (χ2v) is 7.21. The van der Waals surface area contributed by atoms with Crippen molar-refractivity contribution in [1.29, 1.82) is 0 Å². The van der Waals surface area contributed by atoms with Gasteiger partial charge in [-0.15, -0.1) is 0 Å². The Hall–Kier alpha value is -0.615. The third kappa shape index (κ3) is 3.59. The third-order valence-corrected chi connectivity index (χ3v) is 4.91. The quantitative estimate of drug-likeness (QED) is 0.839. The number of hydrogen-bond donors (Lipinski definition) is 1. The number of nitrogens with one attached hydrogen (secondary N) is 1. The first-order valence-corrected chi connectivity index (χ1v) is 8.01. The van der Waals surface area contributed by atoms with Crippen LogP contribution >= 0.6 is 15.9 Å². The van der Waals surface area contributed by atoms with Gasteiger partial charge in [0.2, 0.25) is 0 Å². The molecule has 0 aliphatic carbocycles. The molecule has 114 valence electrons. The standard InChI is InChI=1S/C16H23BBrNO2/c1-15(2)16(3,4)21-17(20-15)13(11-19-5)10-12-8-6-7-9-14(12)18/h6-10,19H,11H2,1-5H3. The van der Waals surface area contributed by atoms with E-state index in [1.165, 1.54) is 0 Å². The Morgan fingerprint density at radius 1 is 1.19 bits per heavy atom. The van der Waals surface area contributed by atoms with Crippen molar-refractivity contribution in [2.45, 2.75) is 38.9 Å². The maximum Gasteiger partial charge on any atom is 0.491 e. The summed E-state index contributed by atoms with van der Waals surface area (Å²) in [6.07, 6.45) is 2.13. The van der Waals surface area contributed by atoms with Gasteiger partial charge in [-0.1, -0.05) is 40.2 Å². The highest BCUT2D eigenvalue weighted by Crippen LogP contribution is 2.38. The molecule has 3 nitrogen and oxygen atoms in total. The maximum atomic E-state index is 6.15. The fourth-order valence-electron chi connectivity index (χ4n) is 2.19. The van der Waals surface area contributed by atoms with E-state index in [2.05, 4.69) is 61.1 Å². The first kappa shape index (κ1) is 16.8. The first-order chi connectivity index (χ1) is 9.77. The van der Waals surface area contributed by atoms with Gasteiger partial charge in [0.25, 0.3) is 0 Å². The van der Waals surface area contributed by atoms with E-state index in [1.807, 2.05) is 25.2 Å². The highest BCUT2D eigenvalue weighted by Gasteiger charge is 2.52. The molecule has 0 bridgehead atoms. The molecule has 1 aromatic rings. The average molecular weight is 352 g/mol. The van der Waals surface area contributed by atoms with Crippen LogP contribution in [-0.2, 0) is 9.31 Å². The zero-order chi connectivity index (χ0) is 15.7. The summed E-state index contributed by atoms with van der Waals surface area (Å²) in [6.45, 7) is 9.01. The van der Waals surface area contributed by atoms with Gasteiger partial charge in [-0.3, -0.25) is 0 Å². The Kier molecular flexibility index (Phi) is 4.98. The first-order valence-electron chi connectivity index (χ1n) is 7.22. The summed E-state index contributed by atoms with van der Waals surface area (Å²) in [4.78, 5) is 0.